The second-order valence-electron chi connectivity index (χ2n) is 10.2. The summed E-state index contributed by atoms with van der Waals surface area (Å²) in [5.41, 5.74) is 2.19. The third-order valence-corrected chi connectivity index (χ3v) is 8.93. The van der Waals surface area contributed by atoms with Gasteiger partial charge in [-0.1, -0.05) is 23.2 Å². The van der Waals surface area contributed by atoms with E-state index in [0.717, 1.165) is 42.4 Å². The van der Waals surface area contributed by atoms with Crippen LogP contribution in [0.15, 0.2) is 47.8 Å². The molecule has 0 saturated carbocycles. The molecule has 3 aromatic rings. The van der Waals surface area contributed by atoms with Crippen LogP contribution in [0.25, 0.3) is 0 Å². The number of rotatable bonds is 6. The standard InChI is InChI=1S/C29H32Cl2N4O3S/c1-19(2)38-23-6-3-21(4-7-23)28(36)34-11-9-20(10-12-34)27-32-26(18-39-27)29(37)35-15-13-33(14-16-35)22-5-8-24(30)25(31)17-22/h3-8,17-20H,9-16H2,1-2H3. The quantitative estimate of drug-likeness (QED) is 0.343. The lowest BCUT2D eigenvalue weighted by Crippen LogP contribution is -2.48. The van der Waals surface area contributed by atoms with E-state index in [9.17, 15) is 9.59 Å². The van der Waals surface area contributed by atoms with E-state index in [2.05, 4.69) is 4.90 Å². The monoisotopic (exact) mass is 586 g/mol. The molecule has 5 rings (SSSR count). The summed E-state index contributed by atoms with van der Waals surface area (Å²) in [6, 6.07) is 13.0. The molecule has 7 nitrogen and oxygen atoms in total. The van der Waals surface area contributed by atoms with E-state index in [0.29, 0.717) is 47.5 Å². The van der Waals surface area contributed by atoms with Gasteiger partial charge in [-0.25, -0.2) is 4.98 Å². The van der Waals surface area contributed by atoms with Gasteiger partial charge in [0.05, 0.1) is 21.2 Å². The number of ether oxygens (including phenoxy) is 1. The molecule has 1 aromatic heterocycles. The van der Waals surface area contributed by atoms with E-state index in [-0.39, 0.29) is 23.8 Å². The van der Waals surface area contributed by atoms with Gasteiger partial charge in [-0.15, -0.1) is 11.3 Å². The topological polar surface area (TPSA) is 66.0 Å². The van der Waals surface area contributed by atoms with Crippen LogP contribution in [0.5, 0.6) is 5.75 Å². The zero-order chi connectivity index (χ0) is 27.5. The fourth-order valence-corrected chi connectivity index (χ4v) is 6.30. The first-order valence-electron chi connectivity index (χ1n) is 13.3. The van der Waals surface area contributed by atoms with Crippen LogP contribution in [-0.4, -0.2) is 72.0 Å². The van der Waals surface area contributed by atoms with Crippen molar-refractivity contribution in [1.82, 2.24) is 14.8 Å². The number of hydrogen-bond acceptors (Lipinski definition) is 6. The molecular weight excluding hydrogens is 555 g/mol. The number of halogens is 2. The Bertz CT molecular complexity index is 1310. The first-order chi connectivity index (χ1) is 18.8. The minimum Gasteiger partial charge on any atom is -0.491 e. The SMILES string of the molecule is CC(C)Oc1ccc(C(=O)N2CCC(c3nc(C(=O)N4CCN(c5ccc(Cl)c(Cl)c5)CC4)cs3)CC2)cc1. The van der Waals surface area contributed by atoms with E-state index in [1.807, 2.05) is 65.4 Å². The van der Waals surface area contributed by atoms with Gasteiger partial charge in [0.2, 0.25) is 0 Å². The molecule has 0 atom stereocenters. The van der Waals surface area contributed by atoms with Crippen molar-refractivity contribution < 1.29 is 14.3 Å². The molecule has 0 spiro atoms. The Labute approximate surface area is 243 Å². The van der Waals surface area contributed by atoms with Crippen molar-refractivity contribution in [1.29, 1.82) is 0 Å². The van der Waals surface area contributed by atoms with Gasteiger partial charge < -0.3 is 19.4 Å². The average molecular weight is 588 g/mol. The minimum atomic E-state index is -0.0243. The average Bonchev–Trinajstić information content (AvgIpc) is 3.44. The molecule has 39 heavy (non-hydrogen) atoms. The third-order valence-electron chi connectivity index (χ3n) is 7.18. The van der Waals surface area contributed by atoms with Crippen LogP contribution in [0.4, 0.5) is 5.69 Å². The smallest absolute Gasteiger partial charge is 0.273 e. The number of nitrogens with zero attached hydrogens (tertiary/aromatic N) is 4. The van der Waals surface area contributed by atoms with Crippen molar-refractivity contribution in [3.8, 4) is 5.75 Å². The number of carbonyl (C=O) groups is 2. The van der Waals surface area contributed by atoms with Gasteiger partial charge >= 0.3 is 0 Å². The van der Waals surface area contributed by atoms with Crippen LogP contribution in [0.1, 0.15) is 58.5 Å². The largest absolute Gasteiger partial charge is 0.491 e. The molecule has 2 saturated heterocycles. The Morgan fingerprint density at radius 2 is 1.56 bits per heavy atom. The molecule has 0 aliphatic carbocycles. The number of amides is 2. The lowest BCUT2D eigenvalue weighted by atomic mass is 9.97. The Hall–Kier alpha value is -2.81. The zero-order valence-electron chi connectivity index (χ0n) is 22.1. The number of benzene rings is 2. The van der Waals surface area contributed by atoms with Crippen molar-refractivity contribution in [3.63, 3.8) is 0 Å². The van der Waals surface area contributed by atoms with E-state index >= 15 is 0 Å². The van der Waals surface area contributed by atoms with Crippen molar-refractivity contribution in [3.05, 3.63) is 74.2 Å². The highest BCUT2D eigenvalue weighted by atomic mass is 35.5. The molecule has 0 bridgehead atoms. The Kier molecular flexibility index (Phi) is 8.64. The van der Waals surface area contributed by atoms with E-state index in [4.69, 9.17) is 32.9 Å². The Morgan fingerprint density at radius 1 is 0.897 bits per heavy atom. The number of likely N-dealkylation sites (tertiary alicyclic amines) is 1. The second kappa shape index (κ2) is 12.1. The van der Waals surface area contributed by atoms with Gasteiger partial charge in [-0.2, -0.15) is 0 Å². The number of piperidine rings is 1. The van der Waals surface area contributed by atoms with Gasteiger partial charge in [-0.3, -0.25) is 9.59 Å². The second-order valence-corrected chi connectivity index (χ2v) is 11.9. The minimum absolute atomic E-state index is 0.0243. The molecule has 206 valence electrons. The van der Waals surface area contributed by atoms with Gasteiger partial charge in [0.15, 0.2) is 0 Å². The fourth-order valence-electron chi connectivity index (χ4n) is 5.05. The molecule has 0 unspecified atom stereocenters. The predicted octanol–water partition coefficient (Wildman–Crippen LogP) is 6.22. The predicted molar refractivity (Wildman–Crippen MR) is 157 cm³/mol. The molecular formula is C29H32Cl2N4O3S. The lowest BCUT2D eigenvalue weighted by molar-refractivity contribution is 0.0712. The lowest BCUT2D eigenvalue weighted by Gasteiger charge is -2.36. The first kappa shape index (κ1) is 27.7. The maximum Gasteiger partial charge on any atom is 0.273 e. The van der Waals surface area contributed by atoms with Crippen molar-refractivity contribution in [2.24, 2.45) is 0 Å². The van der Waals surface area contributed by atoms with Crippen LogP contribution < -0.4 is 9.64 Å². The van der Waals surface area contributed by atoms with Gasteiger partial charge in [0.25, 0.3) is 11.8 Å². The summed E-state index contributed by atoms with van der Waals surface area (Å²) in [5.74, 6) is 1.04. The summed E-state index contributed by atoms with van der Waals surface area (Å²) in [4.78, 5) is 36.9. The summed E-state index contributed by atoms with van der Waals surface area (Å²) < 4.78 is 5.68. The number of carbonyl (C=O) groups excluding carboxylic acids is 2. The molecule has 2 aliphatic heterocycles. The number of thiazole rings is 1. The molecule has 3 heterocycles. The molecule has 0 radical (unpaired) electrons. The summed E-state index contributed by atoms with van der Waals surface area (Å²) in [6.07, 6.45) is 1.77. The molecule has 2 fully saturated rings. The molecule has 10 heteroatoms. The number of piperazine rings is 1. The van der Waals surface area contributed by atoms with Crippen LogP contribution in [0, 0.1) is 0 Å². The maximum absolute atomic E-state index is 13.2. The van der Waals surface area contributed by atoms with Gasteiger partial charge in [0, 0.05) is 61.8 Å². The summed E-state index contributed by atoms with van der Waals surface area (Å²) in [7, 11) is 0. The molecule has 0 N–H and O–H groups in total. The highest BCUT2D eigenvalue weighted by Crippen LogP contribution is 2.32. The van der Waals surface area contributed by atoms with Crippen molar-refractivity contribution in [2.75, 3.05) is 44.2 Å². The number of anilines is 1. The van der Waals surface area contributed by atoms with Crippen molar-refractivity contribution in [2.45, 2.75) is 38.7 Å². The molecule has 2 amide bonds. The van der Waals surface area contributed by atoms with E-state index in [1.54, 1.807) is 17.4 Å². The van der Waals surface area contributed by atoms with Crippen LogP contribution in [0.3, 0.4) is 0 Å². The summed E-state index contributed by atoms with van der Waals surface area (Å²) >= 11 is 13.8. The Morgan fingerprint density at radius 3 is 2.21 bits per heavy atom. The fraction of sp³-hybridized carbons (Fsp3) is 0.414. The molecule has 2 aromatic carbocycles. The number of aromatic nitrogens is 1. The normalized spacial score (nSPS) is 16.6. The highest BCUT2D eigenvalue weighted by Gasteiger charge is 2.29. The Balaban J connectivity index is 1.12. The van der Waals surface area contributed by atoms with Crippen LogP contribution in [0.2, 0.25) is 10.0 Å². The van der Waals surface area contributed by atoms with E-state index in [1.165, 1.54) is 0 Å². The molecule has 2 aliphatic rings. The zero-order valence-corrected chi connectivity index (χ0v) is 24.4. The van der Waals surface area contributed by atoms with Gasteiger partial charge in [-0.05, 0) is 69.2 Å². The maximum atomic E-state index is 13.2. The number of hydrogen-bond donors (Lipinski definition) is 0. The third kappa shape index (κ3) is 6.51. The van der Waals surface area contributed by atoms with Crippen LogP contribution in [-0.2, 0) is 0 Å². The van der Waals surface area contributed by atoms with E-state index < -0.39 is 0 Å². The van der Waals surface area contributed by atoms with Crippen LogP contribution >= 0.6 is 34.5 Å². The summed E-state index contributed by atoms with van der Waals surface area (Å²) in [6.45, 7) is 7.99. The van der Waals surface area contributed by atoms with Crippen molar-refractivity contribution >= 4 is 52.0 Å². The highest BCUT2D eigenvalue weighted by molar-refractivity contribution is 7.09. The summed E-state index contributed by atoms with van der Waals surface area (Å²) in [5, 5.41) is 3.92. The van der Waals surface area contributed by atoms with Gasteiger partial charge in [0.1, 0.15) is 11.4 Å². The first-order valence-corrected chi connectivity index (χ1v) is 14.9.